The molecule has 0 saturated carbocycles. The molecule has 0 unspecified atom stereocenters. The van der Waals surface area contributed by atoms with Crippen LogP contribution in [-0.4, -0.2) is 64.4 Å². The van der Waals surface area contributed by atoms with Crippen LogP contribution in [0.3, 0.4) is 0 Å². The van der Waals surface area contributed by atoms with Crippen molar-refractivity contribution in [2.75, 3.05) is 17.7 Å². The average molecular weight is 487 g/mol. The number of aromatic nitrogens is 4. The normalized spacial score (nSPS) is 23.7. The summed E-state index contributed by atoms with van der Waals surface area (Å²) in [5.74, 6) is 0.414. The number of nitrogen functional groups attached to an aromatic ring is 1. The maximum atomic E-state index is 10.9. The summed E-state index contributed by atoms with van der Waals surface area (Å²) in [6.45, 7) is -0.235. The number of hydrogen-bond acceptors (Lipinski definition) is 10. The Labute approximate surface area is 186 Å². The first-order chi connectivity index (χ1) is 15.1. The molecule has 3 aromatic rings. The number of fused-ring (bicyclic) bond motifs is 1. The van der Waals surface area contributed by atoms with E-state index in [-0.39, 0.29) is 0 Å². The van der Waals surface area contributed by atoms with Crippen molar-refractivity contribution in [2.24, 2.45) is 0 Å². The molecule has 1 fully saturated rings. The third-order valence-electron chi connectivity index (χ3n) is 4.90. The van der Waals surface area contributed by atoms with E-state index in [1.165, 1.54) is 17.2 Å². The summed E-state index contributed by atoms with van der Waals surface area (Å²) in [6.07, 6.45) is -2.49. The number of phosphoric ester groups is 1. The van der Waals surface area contributed by atoms with E-state index in [1.807, 2.05) is 6.07 Å². The van der Waals surface area contributed by atoms with Gasteiger partial charge in [0.25, 0.3) is 0 Å². The van der Waals surface area contributed by atoms with Gasteiger partial charge in [-0.05, 0) is 17.7 Å². The monoisotopic (exact) mass is 486 g/mol. The predicted octanol–water partition coefficient (Wildman–Crippen LogP) is 0.402. The number of aliphatic hydroxyl groups excluding tert-OH is 2. The van der Waals surface area contributed by atoms with Crippen LogP contribution in [0, 0.1) is 0 Å². The Morgan fingerprint density at radius 1 is 1.25 bits per heavy atom. The highest BCUT2D eigenvalue weighted by atomic mass is 35.5. The minimum Gasteiger partial charge on any atom is -0.398 e. The second kappa shape index (κ2) is 8.89. The fourth-order valence-electron chi connectivity index (χ4n) is 3.32. The lowest BCUT2D eigenvalue weighted by atomic mass is 10.1. The molecule has 15 heteroatoms. The molecular weight excluding hydrogens is 467 g/mol. The van der Waals surface area contributed by atoms with Crippen LogP contribution in [0.4, 0.5) is 11.5 Å². The number of nitrogens with one attached hydrogen (secondary N) is 1. The lowest BCUT2D eigenvalue weighted by Gasteiger charge is -2.16. The molecule has 172 valence electrons. The first-order valence-corrected chi connectivity index (χ1v) is 11.2. The Morgan fingerprint density at radius 2 is 2.03 bits per heavy atom. The highest BCUT2D eigenvalue weighted by Gasteiger charge is 2.45. The summed E-state index contributed by atoms with van der Waals surface area (Å²) in [4.78, 5) is 30.4. The zero-order valence-corrected chi connectivity index (χ0v) is 18.0. The summed E-state index contributed by atoms with van der Waals surface area (Å²) in [5.41, 5.74) is 7.83. The number of anilines is 2. The van der Waals surface area contributed by atoms with E-state index in [0.717, 1.165) is 5.56 Å². The number of halogens is 1. The van der Waals surface area contributed by atoms with E-state index in [9.17, 15) is 14.8 Å². The second-order valence-electron chi connectivity index (χ2n) is 7.09. The minimum absolute atomic E-state index is 0.311. The first-order valence-electron chi connectivity index (χ1n) is 9.31. The van der Waals surface area contributed by atoms with Gasteiger partial charge in [-0.3, -0.25) is 9.09 Å². The molecule has 7 N–H and O–H groups in total. The Balaban J connectivity index is 1.53. The Bertz CT molecular complexity index is 1170. The molecule has 13 nitrogen and oxygen atoms in total. The van der Waals surface area contributed by atoms with Crippen molar-refractivity contribution in [1.82, 2.24) is 19.5 Å². The molecule has 1 saturated heterocycles. The molecule has 4 atom stereocenters. The molecule has 3 heterocycles. The fraction of sp³-hybridized carbons (Fsp3) is 0.353. The van der Waals surface area contributed by atoms with Crippen LogP contribution in [0.1, 0.15) is 11.8 Å². The number of rotatable bonds is 7. The number of nitrogens with zero attached hydrogens (tertiary/aromatic N) is 4. The third-order valence-corrected chi connectivity index (χ3v) is 5.73. The summed E-state index contributed by atoms with van der Waals surface area (Å²) in [5, 5.41) is 24.2. The molecule has 32 heavy (non-hydrogen) atoms. The number of aliphatic hydroxyl groups is 2. The van der Waals surface area contributed by atoms with Crippen LogP contribution in [0.5, 0.6) is 0 Å². The van der Waals surface area contributed by atoms with Gasteiger partial charge in [-0.2, -0.15) is 0 Å². The van der Waals surface area contributed by atoms with Gasteiger partial charge in [0, 0.05) is 6.54 Å². The quantitative estimate of drug-likeness (QED) is 0.199. The van der Waals surface area contributed by atoms with Crippen molar-refractivity contribution < 1.29 is 33.8 Å². The van der Waals surface area contributed by atoms with E-state index in [1.54, 1.807) is 12.1 Å². The van der Waals surface area contributed by atoms with Gasteiger partial charge in [0.05, 0.1) is 23.6 Å². The van der Waals surface area contributed by atoms with Gasteiger partial charge >= 0.3 is 7.82 Å². The molecule has 0 aliphatic carbocycles. The van der Waals surface area contributed by atoms with E-state index in [2.05, 4.69) is 24.8 Å². The van der Waals surface area contributed by atoms with Crippen LogP contribution < -0.4 is 11.1 Å². The zero-order valence-electron chi connectivity index (χ0n) is 16.3. The van der Waals surface area contributed by atoms with Gasteiger partial charge in [0.15, 0.2) is 23.2 Å². The van der Waals surface area contributed by atoms with Crippen molar-refractivity contribution in [3.05, 3.63) is 41.4 Å². The molecule has 0 spiro atoms. The van der Waals surface area contributed by atoms with Crippen LogP contribution in [0.2, 0.25) is 5.02 Å². The van der Waals surface area contributed by atoms with Crippen molar-refractivity contribution in [3.63, 3.8) is 0 Å². The molecule has 0 bridgehead atoms. The van der Waals surface area contributed by atoms with Gasteiger partial charge in [-0.15, -0.1) is 0 Å². The fourth-order valence-corrected chi connectivity index (χ4v) is 3.78. The summed E-state index contributed by atoms with van der Waals surface area (Å²) in [6, 6.07) is 5.23. The maximum Gasteiger partial charge on any atom is 0.469 e. The molecule has 4 rings (SSSR count). The van der Waals surface area contributed by atoms with E-state index >= 15 is 0 Å². The van der Waals surface area contributed by atoms with E-state index in [4.69, 9.17) is 31.9 Å². The third kappa shape index (κ3) is 4.70. The molecule has 1 aliphatic rings. The topological polar surface area (TPSA) is 198 Å². The highest BCUT2D eigenvalue weighted by molar-refractivity contribution is 7.46. The van der Waals surface area contributed by atoms with Crippen molar-refractivity contribution in [2.45, 2.75) is 31.1 Å². The molecule has 2 aromatic heterocycles. The summed E-state index contributed by atoms with van der Waals surface area (Å²) >= 11 is 5.94. The van der Waals surface area contributed by atoms with E-state index in [0.29, 0.717) is 34.2 Å². The largest absolute Gasteiger partial charge is 0.469 e. The van der Waals surface area contributed by atoms with Crippen LogP contribution >= 0.6 is 19.4 Å². The number of phosphoric acid groups is 1. The highest BCUT2D eigenvalue weighted by Crippen LogP contribution is 2.39. The lowest BCUT2D eigenvalue weighted by Crippen LogP contribution is -2.33. The smallest absolute Gasteiger partial charge is 0.398 e. The van der Waals surface area contributed by atoms with Crippen LogP contribution in [0.25, 0.3) is 11.2 Å². The minimum atomic E-state index is -4.77. The van der Waals surface area contributed by atoms with Crippen molar-refractivity contribution >= 4 is 42.1 Å². The number of imidazole rings is 1. The van der Waals surface area contributed by atoms with Gasteiger partial charge in [0.1, 0.15) is 24.6 Å². The van der Waals surface area contributed by atoms with Crippen molar-refractivity contribution in [3.8, 4) is 0 Å². The number of nitrogens with two attached hydrogens (primary N) is 1. The van der Waals surface area contributed by atoms with Crippen molar-refractivity contribution in [1.29, 1.82) is 0 Å². The van der Waals surface area contributed by atoms with Crippen LogP contribution in [-0.2, 0) is 20.4 Å². The maximum absolute atomic E-state index is 10.9. The Hall–Kier alpha value is -2.35. The standard InChI is InChI=1S/C17H20ClN6O7P/c18-9-2-1-8(3-10(9)19)4-20-15-12-16(22-6-21-15)24(7-23-12)17-14(26)13(25)11(31-17)5-30-32(27,28)29/h1-3,6-7,11,13-14,17,25-26H,4-5,19H2,(H,20,21,22)(H2,27,28,29)/t11-,13-,14-,17-/m1/s1. The van der Waals surface area contributed by atoms with E-state index < -0.39 is 39.0 Å². The molecule has 1 aromatic carbocycles. The van der Waals surface area contributed by atoms with Crippen LogP contribution in [0.15, 0.2) is 30.9 Å². The molecule has 0 radical (unpaired) electrons. The van der Waals surface area contributed by atoms with Gasteiger partial charge in [-0.1, -0.05) is 17.7 Å². The molecular formula is C17H20ClN6O7P. The number of benzene rings is 1. The van der Waals surface area contributed by atoms with Gasteiger partial charge in [0.2, 0.25) is 0 Å². The summed E-state index contributed by atoms with van der Waals surface area (Å²) in [7, 11) is -4.77. The SMILES string of the molecule is Nc1cc(CNc2ncnc3c2ncn3[C@@H]2O[C@H](COP(=O)(O)O)[C@@H](O)[C@H]2O)ccc1Cl. The van der Waals surface area contributed by atoms with Gasteiger partial charge < -0.3 is 35.8 Å². The molecule has 0 amide bonds. The lowest BCUT2D eigenvalue weighted by molar-refractivity contribution is -0.0504. The summed E-state index contributed by atoms with van der Waals surface area (Å²) < 4.78 is 22.3. The average Bonchev–Trinajstić information content (AvgIpc) is 3.29. The Morgan fingerprint density at radius 3 is 2.75 bits per heavy atom. The predicted molar refractivity (Wildman–Crippen MR) is 112 cm³/mol. The number of ether oxygens (including phenoxy) is 1. The first kappa shape index (κ1) is 22.8. The van der Waals surface area contributed by atoms with Gasteiger partial charge in [-0.25, -0.2) is 19.5 Å². The Kier molecular flexibility index (Phi) is 6.34. The number of hydrogen-bond donors (Lipinski definition) is 6. The molecule has 1 aliphatic heterocycles. The zero-order chi connectivity index (χ0) is 23.0. The second-order valence-corrected chi connectivity index (χ2v) is 8.73.